The van der Waals surface area contributed by atoms with Gasteiger partial charge in [0.2, 0.25) is 0 Å². The number of H-pyrrole nitrogens is 1. The molecule has 0 aliphatic rings. The van der Waals surface area contributed by atoms with Crippen molar-refractivity contribution in [2.24, 2.45) is 0 Å². The summed E-state index contributed by atoms with van der Waals surface area (Å²) in [5.41, 5.74) is 0. The topological polar surface area (TPSA) is 41.6 Å². The summed E-state index contributed by atoms with van der Waals surface area (Å²) in [7, 11) is 0. The number of aromatic amines is 1. The van der Waals surface area contributed by atoms with Crippen LogP contribution in [0.25, 0.3) is 0 Å². The molecular weight excluding hydrogens is 159 g/mol. The van der Waals surface area contributed by atoms with Crippen molar-refractivity contribution in [3.05, 3.63) is 11.6 Å². The standard InChI is InChI=1S/C5H6F3N3/c1-2-3-9-4(11-10-3)5(6,7)8/h2H2,1H3,(H,9,10,11). The smallest absolute Gasteiger partial charge is 0.263 e. The summed E-state index contributed by atoms with van der Waals surface area (Å²) < 4.78 is 35.4. The third-order valence-electron chi connectivity index (χ3n) is 1.12. The summed E-state index contributed by atoms with van der Waals surface area (Å²) in [5.74, 6) is -0.855. The lowest BCUT2D eigenvalue weighted by Gasteiger charge is -1.96. The first kappa shape index (κ1) is 8.03. The van der Waals surface area contributed by atoms with Crippen LogP contribution in [0.3, 0.4) is 0 Å². The number of halogens is 3. The van der Waals surface area contributed by atoms with Crippen LogP contribution in [-0.4, -0.2) is 15.2 Å². The van der Waals surface area contributed by atoms with Gasteiger partial charge in [0, 0.05) is 6.42 Å². The summed E-state index contributed by atoms with van der Waals surface area (Å²) in [6, 6.07) is 0. The largest absolute Gasteiger partial charge is 0.453 e. The van der Waals surface area contributed by atoms with Crippen LogP contribution in [-0.2, 0) is 12.6 Å². The maximum atomic E-state index is 11.8. The van der Waals surface area contributed by atoms with Gasteiger partial charge < -0.3 is 0 Å². The minimum absolute atomic E-state index is 0.248. The highest BCUT2D eigenvalue weighted by atomic mass is 19.4. The van der Waals surface area contributed by atoms with E-state index in [-0.39, 0.29) is 5.82 Å². The molecule has 0 atom stereocenters. The van der Waals surface area contributed by atoms with Crippen LogP contribution < -0.4 is 0 Å². The average Bonchev–Trinajstić information content (AvgIpc) is 2.32. The van der Waals surface area contributed by atoms with Crippen molar-refractivity contribution in [3.8, 4) is 0 Å². The molecular formula is C5H6F3N3. The van der Waals surface area contributed by atoms with Crippen molar-refractivity contribution in [2.45, 2.75) is 19.5 Å². The Morgan fingerprint density at radius 2 is 2.09 bits per heavy atom. The molecule has 6 heteroatoms. The number of hydrogen-bond acceptors (Lipinski definition) is 2. The van der Waals surface area contributed by atoms with E-state index < -0.39 is 12.0 Å². The molecule has 62 valence electrons. The zero-order valence-corrected chi connectivity index (χ0v) is 5.74. The van der Waals surface area contributed by atoms with Gasteiger partial charge in [-0.1, -0.05) is 6.92 Å². The average molecular weight is 165 g/mol. The fourth-order valence-corrected chi connectivity index (χ4v) is 0.580. The summed E-state index contributed by atoms with van der Waals surface area (Å²) in [6.45, 7) is 1.70. The Labute approximate surface area is 60.6 Å². The lowest BCUT2D eigenvalue weighted by Crippen LogP contribution is -2.07. The predicted octanol–water partition coefficient (Wildman–Crippen LogP) is 1.39. The Hall–Kier alpha value is -1.07. The van der Waals surface area contributed by atoms with Crippen molar-refractivity contribution in [2.75, 3.05) is 0 Å². The molecule has 0 aromatic carbocycles. The van der Waals surface area contributed by atoms with Crippen LogP contribution in [0.1, 0.15) is 18.6 Å². The van der Waals surface area contributed by atoms with Crippen LogP contribution in [0, 0.1) is 0 Å². The minimum Gasteiger partial charge on any atom is -0.263 e. The van der Waals surface area contributed by atoms with Gasteiger partial charge in [0.1, 0.15) is 5.82 Å². The SMILES string of the molecule is CCc1nc(C(F)(F)F)n[nH]1. The van der Waals surface area contributed by atoms with Gasteiger partial charge in [0.05, 0.1) is 0 Å². The van der Waals surface area contributed by atoms with Gasteiger partial charge in [-0.05, 0) is 0 Å². The second kappa shape index (κ2) is 2.52. The Morgan fingerprint density at radius 1 is 1.45 bits per heavy atom. The molecule has 0 unspecified atom stereocenters. The first-order valence-electron chi connectivity index (χ1n) is 3.02. The fourth-order valence-electron chi connectivity index (χ4n) is 0.580. The molecule has 1 heterocycles. The molecule has 1 N–H and O–H groups in total. The van der Waals surface area contributed by atoms with Crippen LogP contribution in [0.5, 0.6) is 0 Å². The molecule has 0 aliphatic carbocycles. The van der Waals surface area contributed by atoms with E-state index in [1.807, 2.05) is 0 Å². The van der Waals surface area contributed by atoms with Gasteiger partial charge in [-0.2, -0.15) is 13.2 Å². The predicted molar refractivity (Wildman–Crippen MR) is 30.8 cm³/mol. The molecule has 0 amide bonds. The van der Waals surface area contributed by atoms with Gasteiger partial charge in [-0.15, -0.1) is 5.10 Å². The monoisotopic (exact) mass is 165 g/mol. The van der Waals surface area contributed by atoms with E-state index in [4.69, 9.17) is 0 Å². The highest BCUT2D eigenvalue weighted by molar-refractivity contribution is 4.93. The van der Waals surface area contributed by atoms with Gasteiger partial charge in [-0.25, -0.2) is 4.98 Å². The van der Waals surface area contributed by atoms with Crippen molar-refractivity contribution >= 4 is 0 Å². The first-order valence-corrected chi connectivity index (χ1v) is 3.02. The Balaban J connectivity index is 2.89. The van der Waals surface area contributed by atoms with E-state index in [2.05, 4.69) is 15.2 Å². The number of nitrogens with one attached hydrogen (secondary N) is 1. The third kappa shape index (κ3) is 1.69. The number of aryl methyl sites for hydroxylation is 1. The van der Waals surface area contributed by atoms with E-state index in [1.165, 1.54) is 0 Å². The lowest BCUT2D eigenvalue weighted by atomic mass is 10.5. The highest BCUT2D eigenvalue weighted by Gasteiger charge is 2.35. The van der Waals surface area contributed by atoms with Gasteiger partial charge in [-0.3, -0.25) is 5.10 Å². The van der Waals surface area contributed by atoms with Gasteiger partial charge in [0.25, 0.3) is 5.82 Å². The fraction of sp³-hybridized carbons (Fsp3) is 0.600. The molecule has 0 radical (unpaired) electrons. The van der Waals surface area contributed by atoms with Crippen molar-refractivity contribution in [1.29, 1.82) is 0 Å². The molecule has 0 saturated carbocycles. The molecule has 11 heavy (non-hydrogen) atoms. The zero-order chi connectivity index (χ0) is 8.48. The number of rotatable bonds is 1. The molecule has 0 saturated heterocycles. The molecule has 0 fully saturated rings. The Kier molecular flexibility index (Phi) is 1.84. The maximum Gasteiger partial charge on any atom is 0.453 e. The second-order valence-electron chi connectivity index (χ2n) is 1.96. The first-order chi connectivity index (χ1) is 5.04. The second-order valence-corrected chi connectivity index (χ2v) is 1.96. The lowest BCUT2D eigenvalue weighted by molar-refractivity contribution is -0.144. The number of alkyl halides is 3. The third-order valence-corrected chi connectivity index (χ3v) is 1.12. The van der Waals surface area contributed by atoms with Crippen molar-refractivity contribution in [3.63, 3.8) is 0 Å². The molecule has 0 spiro atoms. The quantitative estimate of drug-likeness (QED) is 0.683. The summed E-state index contributed by atoms with van der Waals surface area (Å²) in [4.78, 5) is 3.21. The van der Waals surface area contributed by atoms with E-state index >= 15 is 0 Å². The Bertz CT molecular complexity index is 239. The van der Waals surface area contributed by atoms with Crippen molar-refractivity contribution in [1.82, 2.24) is 15.2 Å². The van der Waals surface area contributed by atoms with Crippen molar-refractivity contribution < 1.29 is 13.2 Å². The number of aromatic nitrogens is 3. The summed E-state index contributed by atoms with van der Waals surface area (Å²) in [6.07, 6.45) is -4.02. The summed E-state index contributed by atoms with van der Waals surface area (Å²) >= 11 is 0. The van der Waals surface area contributed by atoms with Gasteiger partial charge >= 0.3 is 6.18 Å². The van der Waals surface area contributed by atoms with E-state index in [0.717, 1.165) is 0 Å². The summed E-state index contributed by atoms with van der Waals surface area (Å²) in [5, 5.41) is 5.18. The molecule has 1 aromatic rings. The molecule has 1 rings (SSSR count). The highest BCUT2D eigenvalue weighted by Crippen LogP contribution is 2.25. The minimum atomic E-state index is -4.44. The zero-order valence-electron chi connectivity index (χ0n) is 5.74. The van der Waals surface area contributed by atoms with Crippen LogP contribution >= 0.6 is 0 Å². The normalized spacial score (nSPS) is 12.0. The van der Waals surface area contributed by atoms with Crippen LogP contribution in [0.15, 0.2) is 0 Å². The van der Waals surface area contributed by atoms with Gasteiger partial charge in [0.15, 0.2) is 0 Å². The molecule has 0 aliphatic heterocycles. The van der Waals surface area contributed by atoms with E-state index in [1.54, 1.807) is 6.92 Å². The van der Waals surface area contributed by atoms with E-state index in [9.17, 15) is 13.2 Å². The molecule has 1 aromatic heterocycles. The molecule has 0 bridgehead atoms. The number of hydrogen-bond donors (Lipinski definition) is 1. The maximum absolute atomic E-state index is 11.8. The Morgan fingerprint density at radius 3 is 2.36 bits per heavy atom. The molecule has 3 nitrogen and oxygen atoms in total. The van der Waals surface area contributed by atoms with Crippen LogP contribution in [0.4, 0.5) is 13.2 Å². The number of nitrogens with zero attached hydrogens (tertiary/aromatic N) is 2. The van der Waals surface area contributed by atoms with Crippen LogP contribution in [0.2, 0.25) is 0 Å². The van der Waals surface area contributed by atoms with E-state index in [0.29, 0.717) is 6.42 Å².